The fraction of sp³-hybridized carbons (Fsp3) is 0.533. The number of nitrogens with one attached hydrogen (secondary N) is 1. The van der Waals surface area contributed by atoms with E-state index in [1.54, 1.807) is 12.1 Å². The zero-order valence-corrected chi connectivity index (χ0v) is 12.5. The number of amides is 1. The van der Waals surface area contributed by atoms with Crippen molar-refractivity contribution in [3.05, 3.63) is 28.8 Å². The lowest BCUT2D eigenvalue weighted by Gasteiger charge is -2.14. The van der Waals surface area contributed by atoms with Crippen molar-refractivity contribution in [2.24, 2.45) is 5.73 Å². The van der Waals surface area contributed by atoms with Gasteiger partial charge in [-0.25, -0.2) is 0 Å². The van der Waals surface area contributed by atoms with Gasteiger partial charge in [-0.2, -0.15) is 0 Å². The van der Waals surface area contributed by atoms with Crippen molar-refractivity contribution in [2.75, 3.05) is 6.61 Å². The van der Waals surface area contributed by atoms with Crippen LogP contribution in [0.5, 0.6) is 5.75 Å². The maximum atomic E-state index is 11.8. The Morgan fingerprint density at radius 3 is 2.80 bits per heavy atom. The van der Waals surface area contributed by atoms with Crippen LogP contribution in [0.3, 0.4) is 0 Å². The zero-order valence-electron chi connectivity index (χ0n) is 11.7. The number of nitrogens with two attached hydrogens (primary N) is 1. The van der Waals surface area contributed by atoms with Crippen LogP contribution in [0.2, 0.25) is 5.02 Å². The maximum absolute atomic E-state index is 11.8. The van der Waals surface area contributed by atoms with Crippen LogP contribution in [0, 0.1) is 0 Å². The van der Waals surface area contributed by atoms with Gasteiger partial charge in [0.25, 0.3) is 5.91 Å². The van der Waals surface area contributed by atoms with Crippen LogP contribution in [0.15, 0.2) is 18.2 Å². The minimum Gasteiger partial charge on any atom is -0.482 e. The molecule has 0 aromatic heterocycles. The molecule has 2 rings (SSSR count). The lowest BCUT2D eigenvalue weighted by atomic mass is 10.1. The molecule has 1 unspecified atom stereocenters. The number of halogens is 1. The Hall–Kier alpha value is -1.26. The summed E-state index contributed by atoms with van der Waals surface area (Å²) in [6, 6.07) is 5.62. The summed E-state index contributed by atoms with van der Waals surface area (Å²) >= 11 is 6.11. The van der Waals surface area contributed by atoms with Crippen molar-refractivity contribution < 1.29 is 9.53 Å². The Labute approximate surface area is 124 Å². The predicted molar refractivity (Wildman–Crippen MR) is 79.9 cm³/mol. The lowest BCUT2D eigenvalue weighted by Crippen LogP contribution is -2.36. The van der Waals surface area contributed by atoms with Crippen molar-refractivity contribution in [3.8, 4) is 5.75 Å². The molecule has 3 N–H and O–H groups in total. The van der Waals surface area contributed by atoms with Crippen molar-refractivity contribution in [2.45, 2.75) is 44.7 Å². The largest absolute Gasteiger partial charge is 0.482 e. The van der Waals surface area contributed by atoms with E-state index in [0.717, 1.165) is 18.4 Å². The molecule has 20 heavy (non-hydrogen) atoms. The van der Waals surface area contributed by atoms with E-state index < -0.39 is 0 Å². The van der Waals surface area contributed by atoms with Crippen molar-refractivity contribution in [3.63, 3.8) is 0 Å². The van der Waals surface area contributed by atoms with Crippen LogP contribution < -0.4 is 15.8 Å². The number of carbonyl (C=O) groups excluding carboxylic acids is 1. The van der Waals surface area contributed by atoms with Crippen LogP contribution >= 0.6 is 11.6 Å². The Morgan fingerprint density at radius 2 is 2.20 bits per heavy atom. The van der Waals surface area contributed by atoms with Gasteiger partial charge in [-0.15, -0.1) is 0 Å². The third-order valence-electron chi connectivity index (χ3n) is 3.56. The monoisotopic (exact) mass is 296 g/mol. The molecule has 110 valence electrons. The van der Waals surface area contributed by atoms with Gasteiger partial charge in [0.1, 0.15) is 5.75 Å². The first-order valence-corrected chi connectivity index (χ1v) is 7.41. The highest BCUT2D eigenvalue weighted by Crippen LogP contribution is 2.27. The molecule has 0 heterocycles. The van der Waals surface area contributed by atoms with Crippen LogP contribution in [0.4, 0.5) is 0 Å². The number of rotatable bonds is 5. The molecule has 1 aliphatic rings. The molecule has 1 aromatic rings. The Morgan fingerprint density at radius 1 is 1.50 bits per heavy atom. The number of hydrogen-bond acceptors (Lipinski definition) is 3. The molecule has 0 radical (unpaired) electrons. The number of carbonyl (C=O) groups is 1. The smallest absolute Gasteiger partial charge is 0.258 e. The second-order valence-corrected chi connectivity index (χ2v) is 5.72. The minimum atomic E-state index is -0.0933. The van der Waals surface area contributed by atoms with E-state index in [-0.39, 0.29) is 18.6 Å². The molecule has 0 saturated heterocycles. The second kappa shape index (κ2) is 6.95. The molecule has 4 nitrogen and oxygen atoms in total. The van der Waals surface area contributed by atoms with Crippen LogP contribution in [0.25, 0.3) is 0 Å². The first kappa shape index (κ1) is 15.1. The number of benzene rings is 1. The standard InChI is InChI=1S/C15H21ClN2O2/c1-10(17)11-6-7-14(13(16)8-11)20-9-15(19)18-12-4-2-3-5-12/h6-8,10,12H,2-5,9,17H2,1H3,(H,18,19). The molecular weight excluding hydrogens is 276 g/mol. The first-order chi connectivity index (χ1) is 9.56. The van der Waals surface area contributed by atoms with Crippen LogP contribution in [0.1, 0.15) is 44.2 Å². The third kappa shape index (κ3) is 4.12. The maximum Gasteiger partial charge on any atom is 0.258 e. The molecule has 1 aromatic carbocycles. The fourth-order valence-corrected chi connectivity index (χ4v) is 2.64. The van der Waals surface area contributed by atoms with E-state index in [4.69, 9.17) is 22.1 Å². The van der Waals surface area contributed by atoms with Gasteiger partial charge in [0.05, 0.1) is 5.02 Å². The highest BCUT2D eigenvalue weighted by Gasteiger charge is 2.17. The third-order valence-corrected chi connectivity index (χ3v) is 3.86. The fourth-order valence-electron chi connectivity index (χ4n) is 2.40. The SMILES string of the molecule is CC(N)c1ccc(OCC(=O)NC2CCCC2)c(Cl)c1. The summed E-state index contributed by atoms with van der Waals surface area (Å²) in [6.07, 6.45) is 4.51. The van der Waals surface area contributed by atoms with E-state index in [2.05, 4.69) is 5.32 Å². The van der Waals surface area contributed by atoms with E-state index in [0.29, 0.717) is 16.8 Å². The van der Waals surface area contributed by atoms with Gasteiger partial charge in [0, 0.05) is 12.1 Å². The predicted octanol–water partition coefficient (Wildman–Crippen LogP) is 2.80. The summed E-state index contributed by atoms with van der Waals surface area (Å²) in [5.41, 5.74) is 6.72. The highest BCUT2D eigenvalue weighted by atomic mass is 35.5. The Kier molecular flexibility index (Phi) is 5.26. The molecule has 5 heteroatoms. The van der Waals surface area contributed by atoms with Crippen LogP contribution in [-0.4, -0.2) is 18.6 Å². The molecule has 0 spiro atoms. The van der Waals surface area contributed by atoms with Gasteiger partial charge in [0.2, 0.25) is 0 Å². The van der Waals surface area contributed by atoms with Crippen molar-refractivity contribution in [1.82, 2.24) is 5.32 Å². The van der Waals surface area contributed by atoms with Crippen molar-refractivity contribution >= 4 is 17.5 Å². The quantitative estimate of drug-likeness (QED) is 0.878. The van der Waals surface area contributed by atoms with Gasteiger partial charge < -0.3 is 15.8 Å². The van der Waals surface area contributed by atoms with Gasteiger partial charge in [-0.3, -0.25) is 4.79 Å². The minimum absolute atomic E-state index is 0.00621. The van der Waals surface area contributed by atoms with E-state index >= 15 is 0 Å². The average Bonchev–Trinajstić information content (AvgIpc) is 2.90. The summed E-state index contributed by atoms with van der Waals surface area (Å²) in [5, 5.41) is 3.45. The Balaban J connectivity index is 1.85. The Bertz CT molecular complexity index is 471. The normalized spacial score (nSPS) is 16.9. The molecule has 1 atom stereocenters. The number of ether oxygens (including phenoxy) is 1. The summed E-state index contributed by atoms with van der Waals surface area (Å²) in [6.45, 7) is 1.88. The molecule has 1 aliphatic carbocycles. The first-order valence-electron chi connectivity index (χ1n) is 7.03. The van der Waals surface area contributed by atoms with Crippen molar-refractivity contribution in [1.29, 1.82) is 0 Å². The molecule has 0 bridgehead atoms. The van der Waals surface area contributed by atoms with E-state index in [1.807, 2.05) is 13.0 Å². The summed E-state index contributed by atoms with van der Waals surface area (Å²) < 4.78 is 5.46. The summed E-state index contributed by atoms with van der Waals surface area (Å²) in [4.78, 5) is 11.8. The molecule has 1 saturated carbocycles. The highest BCUT2D eigenvalue weighted by molar-refractivity contribution is 6.32. The second-order valence-electron chi connectivity index (χ2n) is 5.32. The molecule has 1 amide bonds. The summed E-state index contributed by atoms with van der Waals surface area (Å²) in [7, 11) is 0. The zero-order chi connectivity index (χ0) is 14.5. The van der Waals surface area contributed by atoms with Gasteiger partial charge in [-0.1, -0.05) is 30.5 Å². The van der Waals surface area contributed by atoms with Gasteiger partial charge in [0.15, 0.2) is 6.61 Å². The van der Waals surface area contributed by atoms with E-state index in [9.17, 15) is 4.79 Å². The summed E-state index contributed by atoms with van der Waals surface area (Å²) in [5.74, 6) is 0.418. The molecule has 0 aliphatic heterocycles. The van der Waals surface area contributed by atoms with Crippen LogP contribution in [-0.2, 0) is 4.79 Å². The lowest BCUT2D eigenvalue weighted by molar-refractivity contribution is -0.123. The average molecular weight is 297 g/mol. The topological polar surface area (TPSA) is 64.3 Å². The van der Waals surface area contributed by atoms with Gasteiger partial charge >= 0.3 is 0 Å². The van der Waals surface area contributed by atoms with Gasteiger partial charge in [-0.05, 0) is 37.5 Å². The molecular formula is C15H21ClN2O2. The van der Waals surface area contributed by atoms with E-state index in [1.165, 1.54) is 12.8 Å². The molecule has 1 fully saturated rings. The number of hydrogen-bond donors (Lipinski definition) is 2.